The van der Waals surface area contributed by atoms with Crippen LogP contribution in [0.5, 0.6) is 0 Å². The van der Waals surface area contributed by atoms with E-state index in [1.165, 1.54) is 16.8 Å². The van der Waals surface area contributed by atoms with Gasteiger partial charge >= 0.3 is 0 Å². The molecule has 0 bridgehead atoms. The molecule has 10 nitrogen and oxygen atoms in total. The number of fused-ring (bicyclic) bond motifs is 1. The number of aromatic amines is 1. The number of carbonyl (C=O) groups is 1. The molecule has 1 aromatic carbocycles. The number of H-pyrrole nitrogens is 1. The molecule has 3 heterocycles. The zero-order valence-electron chi connectivity index (χ0n) is 18.3. The van der Waals surface area contributed by atoms with Gasteiger partial charge in [0.2, 0.25) is 16.4 Å². The third-order valence-electron chi connectivity index (χ3n) is 5.87. The summed E-state index contributed by atoms with van der Waals surface area (Å²) in [5.74, 6) is -0.446. The maximum absolute atomic E-state index is 13.0. The number of nitrogens with one attached hydrogen (secondary N) is 1. The highest BCUT2D eigenvalue weighted by atomic mass is 32.2. The van der Waals surface area contributed by atoms with Crippen molar-refractivity contribution in [2.24, 2.45) is 0 Å². The van der Waals surface area contributed by atoms with Gasteiger partial charge in [-0.05, 0) is 37.5 Å². The minimum atomic E-state index is -3.73. The van der Waals surface area contributed by atoms with E-state index in [1.54, 1.807) is 0 Å². The van der Waals surface area contributed by atoms with Crippen LogP contribution in [0.25, 0.3) is 10.9 Å². The summed E-state index contributed by atoms with van der Waals surface area (Å²) in [4.78, 5) is 22.2. The summed E-state index contributed by atoms with van der Waals surface area (Å²) in [5.41, 5.74) is 3.25. The summed E-state index contributed by atoms with van der Waals surface area (Å²) < 4.78 is 33.5. The zero-order chi connectivity index (χ0) is 23.4. The Morgan fingerprint density at radius 2 is 2.09 bits per heavy atom. The molecule has 0 saturated carbocycles. The van der Waals surface area contributed by atoms with Crippen molar-refractivity contribution in [3.8, 4) is 0 Å². The third kappa shape index (κ3) is 5.38. The normalized spacial score (nSPS) is 16.7. The van der Waals surface area contributed by atoms with Crippen LogP contribution in [0.4, 0.5) is 0 Å². The van der Waals surface area contributed by atoms with E-state index in [0.29, 0.717) is 43.3 Å². The molecule has 1 saturated heterocycles. The first-order valence-electron chi connectivity index (χ1n) is 10.7. The van der Waals surface area contributed by atoms with Crippen LogP contribution in [0.1, 0.15) is 35.8 Å². The van der Waals surface area contributed by atoms with E-state index >= 15 is 0 Å². The van der Waals surface area contributed by atoms with Gasteiger partial charge in [-0.1, -0.05) is 18.2 Å². The number of rotatable bonds is 9. The molecule has 176 valence electrons. The lowest BCUT2D eigenvalue weighted by Crippen LogP contribution is -2.44. The predicted molar refractivity (Wildman–Crippen MR) is 121 cm³/mol. The summed E-state index contributed by atoms with van der Waals surface area (Å²) in [7, 11) is -3.73. The van der Waals surface area contributed by atoms with Gasteiger partial charge in [0.05, 0.1) is 42.2 Å². The van der Waals surface area contributed by atoms with Gasteiger partial charge in [0.1, 0.15) is 6.04 Å². The second-order valence-corrected chi connectivity index (χ2v) is 10.1. The first kappa shape index (κ1) is 23.3. The molecule has 0 aliphatic carbocycles. The van der Waals surface area contributed by atoms with Crippen molar-refractivity contribution in [1.29, 1.82) is 0 Å². The SMILES string of the molecule is Cc1cc(COC2CCN(S(=O)(=O)C[C@@H](c3cnc[nH]3)N(O)C=O)CC2)c2ccccc2n1. The van der Waals surface area contributed by atoms with E-state index in [9.17, 15) is 18.4 Å². The Morgan fingerprint density at radius 3 is 2.79 bits per heavy atom. The number of aryl methyl sites for hydroxylation is 1. The van der Waals surface area contributed by atoms with Crippen LogP contribution in [0, 0.1) is 6.92 Å². The van der Waals surface area contributed by atoms with Crippen molar-refractivity contribution in [3.05, 3.63) is 59.8 Å². The number of amides is 1. The standard InChI is InChI=1S/C22H27N5O5S/c1-16-10-17(19-4-2-3-5-20(19)25-16)12-32-18-6-8-26(9-7-18)33(30,31)13-22(27(29)15-28)21-11-23-14-24-21/h2-5,10-11,14-15,18,22,29H,6-9,12-13H2,1H3,(H,23,24)/t22-/m0/s1. The van der Waals surface area contributed by atoms with Gasteiger partial charge in [0, 0.05) is 24.2 Å². The number of ether oxygens (including phenoxy) is 1. The lowest BCUT2D eigenvalue weighted by atomic mass is 10.1. The molecule has 1 amide bonds. The smallest absolute Gasteiger partial charge is 0.233 e. The monoisotopic (exact) mass is 473 g/mol. The number of imidazole rings is 1. The number of para-hydroxylation sites is 1. The fourth-order valence-corrected chi connectivity index (χ4v) is 5.84. The highest BCUT2D eigenvalue weighted by Crippen LogP contribution is 2.25. The minimum absolute atomic E-state index is 0.0589. The molecule has 4 rings (SSSR count). The number of pyridine rings is 1. The van der Waals surface area contributed by atoms with Gasteiger partial charge in [0.25, 0.3) is 0 Å². The number of hydroxylamine groups is 2. The molecule has 2 N–H and O–H groups in total. The molecule has 33 heavy (non-hydrogen) atoms. The van der Waals surface area contributed by atoms with Gasteiger partial charge in [-0.3, -0.25) is 15.0 Å². The fourth-order valence-electron chi connectivity index (χ4n) is 4.13. The van der Waals surface area contributed by atoms with Crippen molar-refractivity contribution < 1.29 is 23.2 Å². The Bertz CT molecular complexity index is 1190. The quantitative estimate of drug-likeness (QED) is 0.277. The second-order valence-electron chi connectivity index (χ2n) is 8.14. The Labute approximate surface area is 192 Å². The average molecular weight is 474 g/mol. The molecule has 3 aromatic rings. The molecule has 2 aromatic heterocycles. The summed E-state index contributed by atoms with van der Waals surface area (Å²) in [5, 5.41) is 11.3. The topological polar surface area (TPSA) is 129 Å². The number of sulfonamides is 1. The summed E-state index contributed by atoms with van der Waals surface area (Å²) in [6, 6.07) is 8.88. The molecule has 0 spiro atoms. The molecule has 1 aliphatic rings. The maximum Gasteiger partial charge on any atom is 0.233 e. The summed E-state index contributed by atoms with van der Waals surface area (Å²) in [6.45, 7) is 3.01. The predicted octanol–water partition coefficient (Wildman–Crippen LogP) is 2.17. The molecule has 1 fully saturated rings. The zero-order valence-corrected chi connectivity index (χ0v) is 19.1. The van der Waals surface area contributed by atoms with Gasteiger partial charge < -0.3 is 9.72 Å². The molecular formula is C22H27N5O5S. The maximum atomic E-state index is 13.0. The van der Waals surface area contributed by atoms with E-state index in [0.717, 1.165) is 22.2 Å². The van der Waals surface area contributed by atoms with Gasteiger partial charge in [-0.2, -0.15) is 0 Å². The van der Waals surface area contributed by atoms with Crippen molar-refractivity contribution in [2.75, 3.05) is 18.8 Å². The Balaban J connectivity index is 1.36. The van der Waals surface area contributed by atoms with Crippen LogP contribution >= 0.6 is 0 Å². The first-order valence-corrected chi connectivity index (χ1v) is 12.3. The molecular weight excluding hydrogens is 446 g/mol. The Morgan fingerprint density at radius 1 is 1.33 bits per heavy atom. The van der Waals surface area contributed by atoms with Crippen LogP contribution in [0.3, 0.4) is 0 Å². The number of nitrogens with zero attached hydrogens (tertiary/aromatic N) is 4. The van der Waals surface area contributed by atoms with Gasteiger partial charge in [-0.25, -0.2) is 22.8 Å². The van der Waals surface area contributed by atoms with Crippen molar-refractivity contribution >= 4 is 27.3 Å². The number of carbonyl (C=O) groups excluding carboxylic acids is 1. The largest absolute Gasteiger partial charge is 0.373 e. The Kier molecular flexibility index (Phi) is 7.03. The van der Waals surface area contributed by atoms with E-state index in [-0.39, 0.29) is 12.5 Å². The molecule has 1 aliphatic heterocycles. The van der Waals surface area contributed by atoms with E-state index in [2.05, 4.69) is 15.0 Å². The lowest BCUT2D eigenvalue weighted by molar-refractivity contribution is -0.159. The van der Waals surface area contributed by atoms with E-state index in [1.807, 2.05) is 37.3 Å². The van der Waals surface area contributed by atoms with Crippen molar-refractivity contribution in [2.45, 2.75) is 38.5 Å². The fraction of sp³-hybridized carbons (Fsp3) is 0.409. The van der Waals surface area contributed by atoms with Crippen LogP contribution in [0.15, 0.2) is 42.9 Å². The van der Waals surface area contributed by atoms with Crippen molar-refractivity contribution in [3.63, 3.8) is 0 Å². The number of piperidine rings is 1. The molecule has 1 atom stereocenters. The lowest BCUT2D eigenvalue weighted by Gasteiger charge is -2.32. The number of hydrogen-bond acceptors (Lipinski definition) is 7. The van der Waals surface area contributed by atoms with Crippen LogP contribution in [0.2, 0.25) is 0 Å². The molecule has 0 unspecified atom stereocenters. The average Bonchev–Trinajstić information content (AvgIpc) is 3.35. The minimum Gasteiger partial charge on any atom is -0.373 e. The highest BCUT2D eigenvalue weighted by molar-refractivity contribution is 7.89. The van der Waals surface area contributed by atoms with Crippen LogP contribution < -0.4 is 0 Å². The summed E-state index contributed by atoms with van der Waals surface area (Å²) in [6.07, 6.45) is 4.00. The molecule has 0 radical (unpaired) electrons. The van der Waals surface area contributed by atoms with E-state index in [4.69, 9.17) is 4.74 Å². The second kappa shape index (κ2) is 9.96. The van der Waals surface area contributed by atoms with Crippen LogP contribution in [-0.2, 0) is 26.2 Å². The first-order chi connectivity index (χ1) is 15.9. The molecule has 11 heteroatoms. The third-order valence-corrected chi connectivity index (χ3v) is 7.76. The van der Waals surface area contributed by atoms with Crippen LogP contribution in [-0.4, -0.2) is 69.3 Å². The van der Waals surface area contributed by atoms with Gasteiger partial charge in [0.15, 0.2) is 0 Å². The van der Waals surface area contributed by atoms with Gasteiger partial charge in [-0.15, -0.1) is 0 Å². The van der Waals surface area contributed by atoms with Crippen molar-refractivity contribution in [1.82, 2.24) is 24.3 Å². The highest BCUT2D eigenvalue weighted by Gasteiger charge is 2.33. The number of benzene rings is 1. The number of hydrogen-bond donors (Lipinski definition) is 2. The summed E-state index contributed by atoms with van der Waals surface area (Å²) >= 11 is 0. The Hall–Kier alpha value is -2.86. The number of aromatic nitrogens is 3. The van der Waals surface area contributed by atoms with E-state index < -0.39 is 21.8 Å².